The minimum absolute atomic E-state index is 0.426. The molecule has 5 heteroatoms. The zero-order valence-corrected chi connectivity index (χ0v) is 9.28. The van der Waals surface area contributed by atoms with E-state index in [2.05, 4.69) is 0 Å². The molecule has 0 aromatic carbocycles. The van der Waals surface area contributed by atoms with E-state index in [1.165, 1.54) is 0 Å². The average Bonchev–Trinajstić information content (AvgIpc) is 2.27. The SMILES string of the molecule is NC(=O)C(=O)C=C(N)CCC1CCOCC1. The Morgan fingerprint density at radius 2 is 1.88 bits per heavy atom. The van der Waals surface area contributed by atoms with Crippen LogP contribution in [-0.4, -0.2) is 24.9 Å². The quantitative estimate of drug-likeness (QED) is 0.513. The Hall–Kier alpha value is -1.36. The first-order valence-electron chi connectivity index (χ1n) is 5.47. The third-order valence-corrected chi connectivity index (χ3v) is 2.74. The van der Waals surface area contributed by atoms with Crippen molar-refractivity contribution in [1.82, 2.24) is 0 Å². The van der Waals surface area contributed by atoms with Crippen LogP contribution in [0.2, 0.25) is 0 Å². The Bertz CT molecular complexity index is 294. The highest BCUT2D eigenvalue weighted by Crippen LogP contribution is 2.21. The number of amides is 1. The molecule has 0 aliphatic carbocycles. The molecule has 0 saturated carbocycles. The minimum atomic E-state index is -0.964. The lowest BCUT2D eigenvalue weighted by Crippen LogP contribution is -2.22. The molecule has 1 aliphatic heterocycles. The standard InChI is InChI=1S/C11H18N2O3/c12-9(7-10(14)11(13)15)2-1-8-3-5-16-6-4-8/h7-8H,1-6,12H2,(H2,13,15). The van der Waals surface area contributed by atoms with E-state index in [4.69, 9.17) is 16.2 Å². The van der Waals surface area contributed by atoms with Crippen LogP contribution >= 0.6 is 0 Å². The second-order valence-corrected chi connectivity index (χ2v) is 4.04. The van der Waals surface area contributed by atoms with Gasteiger partial charge >= 0.3 is 0 Å². The normalized spacial score (nSPS) is 18.4. The summed E-state index contributed by atoms with van der Waals surface area (Å²) in [7, 11) is 0. The second-order valence-electron chi connectivity index (χ2n) is 4.04. The Labute approximate surface area is 94.8 Å². The molecule has 90 valence electrons. The van der Waals surface area contributed by atoms with E-state index in [-0.39, 0.29) is 0 Å². The molecule has 0 aromatic rings. The van der Waals surface area contributed by atoms with E-state index in [0.29, 0.717) is 18.0 Å². The number of ketones is 1. The first-order chi connectivity index (χ1) is 7.59. The molecule has 1 aliphatic rings. The molecular weight excluding hydrogens is 208 g/mol. The van der Waals surface area contributed by atoms with Crippen molar-refractivity contribution < 1.29 is 14.3 Å². The van der Waals surface area contributed by atoms with Gasteiger partial charge in [-0.1, -0.05) is 0 Å². The maximum absolute atomic E-state index is 11.0. The smallest absolute Gasteiger partial charge is 0.289 e. The summed E-state index contributed by atoms with van der Waals surface area (Å²) >= 11 is 0. The highest BCUT2D eigenvalue weighted by molar-refractivity contribution is 6.40. The van der Waals surface area contributed by atoms with Gasteiger partial charge in [-0.25, -0.2) is 0 Å². The molecule has 0 spiro atoms. The monoisotopic (exact) mass is 226 g/mol. The summed E-state index contributed by atoms with van der Waals surface area (Å²) in [5.41, 5.74) is 10.9. The van der Waals surface area contributed by atoms with E-state index >= 15 is 0 Å². The second kappa shape index (κ2) is 6.27. The van der Waals surface area contributed by atoms with Crippen LogP contribution in [0.1, 0.15) is 25.7 Å². The molecule has 16 heavy (non-hydrogen) atoms. The summed E-state index contributed by atoms with van der Waals surface area (Å²) in [6.45, 7) is 1.60. The Morgan fingerprint density at radius 1 is 1.25 bits per heavy atom. The van der Waals surface area contributed by atoms with Gasteiger partial charge in [0.05, 0.1) is 0 Å². The van der Waals surface area contributed by atoms with E-state index in [9.17, 15) is 9.59 Å². The summed E-state index contributed by atoms with van der Waals surface area (Å²) < 4.78 is 5.24. The molecule has 0 unspecified atom stereocenters. The molecule has 0 bridgehead atoms. The molecule has 1 saturated heterocycles. The largest absolute Gasteiger partial charge is 0.402 e. The Balaban J connectivity index is 2.30. The van der Waals surface area contributed by atoms with Gasteiger partial charge in [-0.2, -0.15) is 0 Å². The molecule has 4 N–H and O–H groups in total. The van der Waals surface area contributed by atoms with Crippen molar-refractivity contribution in [3.63, 3.8) is 0 Å². The third kappa shape index (κ3) is 4.44. The molecule has 0 atom stereocenters. The lowest BCUT2D eigenvalue weighted by Gasteiger charge is -2.21. The number of ether oxygens (including phenoxy) is 1. The van der Waals surface area contributed by atoms with Crippen LogP contribution in [0.4, 0.5) is 0 Å². The molecule has 0 radical (unpaired) electrons. The number of hydrogen-bond acceptors (Lipinski definition) is 4. The van der Waals surface area contributed by atoms with Gasteiger partial charge in [0.1, 0.15) is 0 Å². The van der Waals surface area contributed by atoms with Crippen molar-refractivity contribution in [3.8, 4) is 0 Å². The Morgan fingerprint density at radius 3 is 2.44 bits per heavy atom. The van der Waals surface area contributed by atoms with Gasteiger partial charge in [-0.05, 0) is 31.6 Å². The van der Waals surface area contributed by atoms with Crippen molar-refractivity contribution >= 4 is 11.7 Å². The number of carbonyl (C=O) groups excluding carboxylic acids is 2. The highest BCUT2D eigenvalue weighted by Gasteiger charge is 2.14. The maximum atomic E-state index is 11.0. The fourth-order valence-corrected chi connectivity index (χ4v) is 1.72. The number of hydrogen-bond donors (Lipinski definition) is 2. The highest BCUT2D eigenvalue weighted by atomic mass is 16.5. The topological polar surface area (TPSA) is 95.4 Å². The van der Waals surface area contributed by atoms with Gasteiger partial charge in [0.2, 0.25) is 5.78 Å². The molecule has 1 rings (SSSR count). The number of allylic oxidation sites excluding steroid dienone is 1. The van der Waals surface area contributed by atoms with Crippen molar-refractivity contribution in [3.05, 3.63) is 11.8 Å². The molecule has 1 amide bonds. The van der Waals surface area contributed by atoms with Crippen molar-refractivity contribution in [2.24, 2.45) is 17.4 Å². The van der Waals surface area contributed by atoms with Crippen LogP contribution in [0, 0.1) is 5.92 Å². The van der Waals surface area contributed by atoms with Gasteiger partial charge < -0.3 is 16.2 Å². The first-order valence-corrected chi connectivity index (χ1v) is 5.47. The van der Waals surface area contributed by atoms with Crippen LogP contribution in [0.3, 0.4) is 0 Å². The molecular formula is C11H18N2O3. The predicted octanol–water partition coefficient (Wildman–Crippen LogP) is 0.0902. The zero-order chi connectivity index (χ0) is 12.0. The predicted molar refractivity (Wildman–Crippen MR) is 59.2 cm³/mol. The molecule has 1 fully saturated rings. The van der Waals surface area contributed by atoms with Gasteiger partial charge in [0.25, 0.3) is 5.91 Å². The van der Waals surface area contributed by atoms with Crippen LogP contribution in [0.25, 0.3) is 0 Å². The van der Waals surface area contributed by atoms with Gasteiger partial charge in [0.15, 0.2) is 0 Å². The third-order valence-electron chi connectivity index (χ3n) is 2.74. The number of rotatable bonds is 5. The first kappa shape index (κ1) is 12.7. The summed E-state index contributed by atoms with van der Waals surface area (Å²) in [4.78, 5) is 21.5. The van der Waals surface area contributed by atoms with Crippen molar-refractivity contribution in [1.29, 1.82) is 0 Å². The number of nitrogens with two attached hydrogens (primary N) is 2. The lowest BCUT2D eigenvalue weighted by atomic mass is 9.94. The number of carbonyl (C=O) groups is 2. The fourth-order valence-electron chi connectivity index (χ4n) is 1.72. The summed E-state index contributed by atoms with van der Waals surface area (Å²) in [5.74, 6) is -1.09. The Kier molecular flexibility index (Phi) is 4.98. The summed E-state index contributed by atoms with van der Waals surface area (Å²) in [5, 5.41) is 0. The molecule has 1 heterocycles. The fraction of sp³-hybridized carbons (Fsp3) is 0.636. The summed E-state index contributed by atoms with van der Waals surface area (Å²) in [6.07, 6.45) is 4.76. The average molecular weight is 226 g/mol. The van der Waals surface area contributed by atoms with Crippen molar-refractivity contribution in [2.45, 2.75) is 25.7 Å². The van der Waals surface area contributed by atoms with E-state index in [0.717, 1.165) is 38.6 Å². The van der Waals surface area contributed by atoms with Crippen LogP contribution in [0.5, 0.6) is 0 Å². The van der Waals surface area contributed by atoms with Crippen LogP contribution < -0.4 is 11.5 Å². The molecule has 0 aromatic heterocycles. The van der Waals surface area contributed by atoms with Gasteiger partial charge in [-0.15, -0.1) is 0 Å². The maximum Gasteiger partial charge on any atom is 0.289 e. The number of primary amides is 1. The van der Waals surface area contributed by atoms with Gasteiger partial charge in [0, 0.05) is 25.0 Å². The zero-order valence-electron chi connectivity index (χ0n) is 9.28. The van der Waals surface area contributed by atoms with E-state index in [1.54, 1.807) is 0 Å². The minimum Gasteiger partial charge on any atom is -0.402 e. The van der Waals surface area contributed by atoms with Crippen molar-refractivity contribution in [2.75, 3.05) is 13.2 Å². The van der Waals surface area contributed by atoms with Crippen LogP contribution in [0.15, 0.2) is 11.8 Å². The molecule has 5 nitrogen and oxygen atoms in total. The summed E-state index contributed by atoms with van der Waals surface area (Å²) in [6, 6.07) is 0. The van der Waals surface area contributed by atoms with Crippen LogP contribution in [-0.2, 0) is 14.3 Å². The van der Waals surface area contributed by atoms with Gasteiger partial charge in [-0.3, -0.25) is 9.59 Å². The van der Waals surface area contributed by atoms with E-state index in [1.807, 2.05) is 0 Å². The van der Waals surface area contributed by atoms with E-state index < -0.39 is 11.7 Å². The lowest BCUT2D eigenvalue weighted by molar-refractivity contribution is -0.133.